The van der Waals surface area contributed by atoms with Crippen molar-refractivity contribution in [1.29, 1.82) is 0 Å². The van der Waals surface area contributed by atoms with Gasteiger partial charge in [0.25, 0.3) is 15.9 Å². The highest BCUT2D eigenvalue weighted by Gasteiger charge is 2.18. The van der Waals surface area contributed by atoms with Crippen molar-refractivity contribution in [3.05, 3.63) is 95.6 Å². The zero-order valence-electron chi connectivity index (χ0n) is 15.8. The number of aryl methyl sites for hydroxylation is 1. The van der Waals surface area contributed by atoms with E-state index in [2.05, 4.69) is 4.72 Å². The van der Waals surface area contributed by atoms with Crippen LogP contribution in [0.3, 0.4) is 0 Å². The van der Waals surface area contributed by atoms with E-state index in [0.717, 1.165) is 11.1 Å². The molecule has 0 aliphatic carbocycles. The van der Waals surface area contributed by atoms with Gasteiger partial charge < -0.3 is 4.90 Å². The predicted molar refractivity (Wildman–Crippen MR) is 111 cm³/mol. The van der Waals surface area contributed by atoms with Gasteiger partial charge in [-0.3, -0.25) is 9.52 Å². The van der Waals surface area contributed by atoms with Gasteiger partial charge in [0.2, 0.25) is 0 Å². The van der Waals surface area contributed by atoms with E-state index in [9.17, 15) is 13.2 Å². The van der Waals surface area contributed by atoms with Gasteiger partial charge in [-0.1, -0.05) is 54.1 Å². The molecule has 0 fully saturated rings. The van der Waals surface area contributed by atoms with Crippen LogP contribution >= 0.6 is 0 Å². The van der Waals surface area contributed by atoms with E-state index in [1.807, 2.05) is 31.2 Å². The summed E-state index contributed by atoms with van der Waals surface area (Å²) in [5.74, 6) is -0.239. The molecular formula is C22H22N2O3S. The molecule has 1 N–H and O–H groups in total. The fraction of sp³-hybridized carbons (Fsp3) is 0.136. The molecule has 0 aliphatic rings. The molecular weight excluding hydrogens is 372 g/mol. The third kappa shape index (κ3) is 4.78. The van der Waals surface area contributed by atoms with E-state index in [-0.39, 0.29) is 10.8 Å². The summed E-state index contributed by atoms with van der Waals surface area (Å²) in [7, 11) is -2.08. The number of hydrogen-bond acceptors (Lipinski definition) is 3. The second-order valence-electron chi connectivity index (χ2n) is 6.65. The Morgan fingerprint density at radius 2 is 1.61 bits per heavy atom. The van der Waals surface area contributed by atoms with E-state index in [0.29, 0.717) is 17.8 Å². The van der Waals surface area contributed by atoms with Gasteiger partial charge in [0, 0.05) is 24.8 Å². The number of carbonyl (C=O) groups excluding carboxylic acids is 1. The van der Waals surface area contributed by atoms with Crippen LogP contribution in [0.4, 0.5) is 5.69 Å². The van der Waals surface area contributed by atoms with Gasteiger partial charge in [-0.05, 0) is 42.8 Å². The van der Waals surface area contributed by atoms with E-state index in [4.69, 9.17) is 0 Å². The van der Waals surface area contributed by atoms with Gasteiger partial charge in [-0.2, -0.15) is 0 Å². The number of anilines is 1. The Morgan fingerprint density at radius 3 is 2.29 bits per heavy atom. The Morgan fingerprint density at radius 1 is 0.929 bits per heavy atom. The first kappa shape index (κ1) is 19.6. The van der Waals surface area contributed by atoms with Crippen LogP contribution in [0.15, 0.2) is 83.8 Å². The van der Waals surface area contributed by atoms with Crippen molar-refractivity contribution >= 4 is 21.6 Å². The summed E-state index contributed by atoms with van der Waals surface area (Å²) in [6.07, 6.45) is 0. The summed E-state index contributed by atoms with van der Waals surface area (Å²) < 4.78 is 27.8. The monoisotopic (exact) mass is 394 g/mol. The molecule has 0 saturated heterocycles. The van der Waals surface area contributed by atoms with Crippen LogP contribution in [-0.4, -0.2) is 26.3 Å². The molecule has 0 spiro atoms. The minimum atomic E-state index is -3.78. The molecule has 0 saturated carbocycles. The largest absolute Gasteiger partial charge is 0.337 e. The smallest absolute Gasteiger partial charge is 0.261 e. The summed E-state index contributed by atoms with van der Waals surface area (Å²) >= 11 is 0. The number of nitrogens with one attached hydrogen (secondary N) is 1. The van der Waals surface area contributed by atoms with Crippen LogP contribution in [-0.2, 0) is 16.6 Å². The summed E-state index contributed by atoms with van der Waals surface area (Å²) in [5.41, 5.74) is 2.96. The minimum Gasteiger partial charge on any atom is -0.337 e. The van der Waals surface area contributed by atoms with Crippen LogP contribution in [0.2, 0.25) is 0 Å². The van der Waals surface area contributed by atoms with Crippen molar-refractivity contribution in [2.45, 2.75) is 18.4 Å². The summed E-state index contributed by atoms with van der Waals surface area (Å²) in [5, 5.41) is 0. The Kier molecular flexibility index (Phi) is 5.80. The van der Waals surface area contributed by atoms with Crippen LogP contribution in [0.25, 0.3) is 0 Å². The average Bonchev–Trinajstić information content (AvgIpc) is 2.69. The second-order valence-corrected chi connectivity index (χ2v) is 8.33. The number of nitrogens with zero attached hydrogens (tertiary/aromatic N) is 1. The predicted octanol–water partition coefficient (Wildman–Crippen LogP) is 4.07. The Balaban J connectivity index is 1.78. The van der Waals surface area contributed by atoms with Crippen LogP contribution in [0.1, 0.15) is 21.5 Å². The van der Waals surface area contributed by atoms with Gasteiger partial charge in [-0.25, -0.2) is 8.42 Å². The van der Waals surface area contributed by atoms with E-state index in [1.165, 1.54) is 12.1 Å². The highest BCUT2D eigenvalue weighted by atomic mass is 32.2. The van der Waals surface area contributed by atoms with E-state index in [1.54, 1.807) is 54.4 Å². The van der Waals surface area contributed by atoms with Gasteiger partial charge in [0.15, 0.2) is 0 Å². The number of sulfonamides is 1. The number of benzene rings is 3. The van der Waals surface area contributed by atoms with Gasteiger partial charge in [0.05, 0.1) is 4.90 Å². The molecule has 3 aromatic carbocycles. The molecule has 0 heterocycles. The lowest BCUT2D eigenvalue weighted by atomic mass is 10.1. The number of hydrogen-bond donors (Lipinski definition) is 1. The number of para-hydroxylation sites is 1. The standard InChI is InChI=1S/C22H22N2O3S/c1-17-11-13-18(14-12-17)16-24(2)22(25)19-7-6-10-21(15-19)28(26,27)23-20-8-4-3-5-9-20/h3-15,23H,16H2,1-2H3. The molecule has 0 atom stereocenters. The SMILES string of the molecule is Cc1ccc(CN(C)C(=O)c2cccc(S(=O)(=O)Nc3ccccc3)c2)cc1. The Hall–Kier alpha value is -3.12. The summed E-state index contributed by atoms with van der Waals surface area (Å²) in [4.78, 5) is 14.4. The average molecular weight is 394 g/mol. The molecule has 5 nitrogen and oxygen atoms in total. The quantitative estimate of drug-likeness (QED) is 0.685. The first-order chi connectivity index (χ1) is 13.3. The lowest BCUT2D eigenvalue weighted by molar-refractivity contribution is 0.0785. The van der Waals surface area contributed by atoms with Crippen LogP contribution in [0.5, 0.6) is 0 Å². The van der Waals surface area contributed by atoms with Crippen LogP contribution < -0.4 is 4.72 Å². The van der Waals surface area contributed by atoms with Crippen molar-refractivity contribution in [2.24, 2.45) is 0 Å². The lowest BCUT2D eigenvalue weighted by Crippen LogP contribution is -2.26. The van der Waals surface area contributed by atoms with E-state index >= 15 is 0 Å². The Bertz CT molecular complexity index is 1060. The van der Waals surface area contributed by atoms with E-state index < -0.39 is 10.0 Å². The normalized spacial score (nSPS) is 11.1. The first-order valence-electron chi connectivity index (χ1n) is 8.84. The van der Waals surface area contributed by atoms with Gasteiger partial charge in [-0.15, -0.1) is 0 Å². The third-order valence-corrected chi connectivity index (χ3v) is 5.68. The molecule has 1 amide bonds. The molecule has 144 valence electrons. The van der Waals surface area contributed by atoms with Crippen molar-refractivity contribution in [3.8, 4) is 0 Å². The molecule has 3 aromatic rings. The third-order valence-electron chi connectivity index (χ3n) is 4.30. The molecule has 3 rings (SSSR count). The highest BCUT2D eigenvalue weighted by Crippen LogP contribution is 2.18. The van der Waals surface area contributed by atoms with Gasteiger partial charge in [0.1, 0.15) is 0 Å². The maximum absolute atomic E-state index is 12.8. The molecule has 0 radical (unpaired) electrons. The maximum atomic E-state index is 12.8. The molecule has 0 unspecified atom stereocenters. The Labute approximate surface area is 165 Å². The zero-order valence-corrected chi connectivity index (χ0v) is 16.6. The fourth-order valence-electron chi connectivity index (χ4n) is 2.78. The summed E-state index contributed by atoms with van der Waals surface area (Å²) in [6, 6.07) is 22.7. The lowest BCUT2D eigenvalue weighted by Gasteiger charge is -2.18. The fourth-order valence-corrected chi connectivity index (χ4v) is 3.88. The minimum absolute atomic E-state index is 0.0472. The van der Waals surface area contributed by atoms with Gasteiger partial charge >= 0.3 is 0 Å². The summed E-state index contributed by atoms with van der Waals surface area (Å²) in [6.45, 7) is 2.45. The highest BCUT2D eigenvalue weighted by molar-refractivity contribution is 7.92. The van der Waals surface area contributed by atoms with Crippen molar-refractivity contribution in [3.63, 3.8) is 0 Å². The topological polar surface area (TPSA) is 66.5 Å². The number of amides is 1. The zero-order chi connectivity index (χ0) is 20.1. The van der Waals surface area contributed by atoms with Crippen LogP contribution in [0, 0.1) is 6.92 Å². The maximum Gasteiger partial charge on any atom is 0.261 e. The van der Waals surface area contributed by atoms with Crippen molar-refractivity contribution in [1.82, 2.24) is 4.90 Å². The number of carbonyl (C=O) groups is 1. The molecule has 0 aliphatic heterocycles. The first-order valence-corrected chi connectivity index (χ1v) is 10.3. The second kappa shape index (κ2) is 8.27. The van der Waals surface area contributed by atoms with Crippen molar-refractivity contribution < 1.29 is 13.2 Å². The molecule has 0 aromatic heterocycles. The molecule has 6 heteroatoms. The molecule has 0 bridgehead atoms. The number of rotatable bonds is 6. The molecule has 28 heavy (non-hydrogen) atoms. The van der Waals surface area contributed by atoms with Crippen molar-refractivity contribution in [2.75, 3.05) is 11.8 Å².